The molecule has 0 aliphatic heterocycles. The lowest BCUT2D eigenvalue weighted by molar-refractivity contribution is 0.280. The highest BCUT2D eigenvalue weighted by atomic mass is 35.5. The largest absolute Gasteiger partial charge is 0.309 e. The van der Waals surface area contributed by atoms with Crippen molar-refractivity contribution in [3.63, 3.8) is 0 Å². The highest BCUT2D eigenvalue weighted by Gasteiger charge is 2.33. The summed E-state index contributed by atoms with van der Waals surface area (Å²) in [6.45, 7) is 8.15. The van der Waals surface area contributed by atoms with Crippen molar-refractivity contribution >= 4 is 11.6 Å². The maximum atomic E-state index is 6.01. The van der Waals surface area contributed by atoms with Gasteiger partial charge in [0.15, 0.2) is 0 Å². The maximum Gasteiger partial charge on any atom is 0.0406 e. The molecule has 0 aromatic heterocycles. The Morgan fingerprint density at radius 2 is 1.86 bits per heavy atom. The summed E-state index contributed by atoms with van der Waals surface area (Å²) in [7, 11) is 0. The molecule has 118 valence electrons. The summed E-state index contributed by atoms with van der Waals surface area (Å²) in [5.41, 5.74) is 1.78. The van der Waals surface area contributed by atoms with Crippen molar-refractivity contribution in [3.05, 3.63) is 34.9 Å². The molecular formula is C19H30ClN. The van der Waals surface area contributed by atoms with Crippen LogP contribution in [0.3, 0.4) is 0 Å². The van der Waals surface area contributed by atoms with Crippen LogP contribution in [0.15, 0.2) is 24.3 Å². The Bertz CT molecular complexity index is 420. The zero-order chi connectivity index (χ0) is 15.3. The fraction of sp³-hybridized carbons (Fsp3) is 0.684. The van der Waals surface area contributed by atoms with Crippen LogP contribution < -0.4 is 5.32 Å². The third-order valence-electron chi connectivity index (χ3n) is 4.58. The average Bonchev–Trinajstić information content (AvgIpc) is 3.26. The zero-order valence-electron chi connectivity index (χ0n) is 13.8. The van der Waals surface area contributed by atoms with Crippen LogP contribution in [0.2, 0.25) is 5.02 Å². The van der Waals surface area contributed by atoms with Gasteiger partial charge in [0, 0.05) is 17.6 Å². The highest BCUT2D eigenvalue weighted by molar-refractivity contribution is 6.30. The Morgan fingerprint density at radius 1 is 1.19 bits per heavy atom. The van der Waals surface area contributed by atoms with E-state index in [2.05, 4.69) is 38.2 Å². The second-order valence-electron chi connectivity index (χ2n) is 7.37. The topological polar surface area (TPSA) is 12.0 Å². The third kappa shape index (κ3) is 5.64. The summed E-state index contributed by atoms with van der Waals surface area (Å²) in [6.07, 6.45) is 8.03. The first-order valence-electron chi connectivity index (χ1n) is 8.51. The lowest BCUT2D eigenvalue weighted by Gasteiger charge is -2.29. The first kappa shape index (κ1) is 16.8. The van der Waals surface area contributed by atoms with Crippen LogP contribution in [0.5, 0.6) is 0 Å². The molecular weight excluding hydrogens is 278 g/mol. The minimum Gasteiger partial charge on any atom is -0.309 e. The SMILES string of the molecule is CCCCCC(C)(C)CNC(c1ccc(Cl)cc1)C1CC1. The quantitative estimate of drug-likeness (QED) is 0.553. The first-order chi connectivity index (χ1) is 10.0. The predicted molar refractivity (Wildman–Crippen MR) is 92.8 cm³/mol. The van der Waals surface area contributed by atoms with Gasteiger partial charge < -0.3 is 5.32 Å². The molecule has 1 aliphatic carbocycles. The smallest absolute Gasteiger partial charge is 0.0406 e. The molecule has 0 bridgehead atoms. The molecule has 1 aliphatic rings. The van der Waals surface area contributed by atoms with Crippen LogP contribution in [-0.2, 0) is 0 Å². The lowest BCUT2D eigenvalue weighted by Crippen LogP contribution is -2.33. The number of halogens is 1. The van der Waals surface area contributed by atoms with E-state index >= 15 is 0 Å². The zero-order valence-corrected chi connectivity index (χ0v) is 14.5. The number of hydrogen-bond donors (Lipinski definition) is 1. The van der Waals surface area contributed by atoms with Gasteiger partial charge in [-0.05, 0) is 48.3 Å². The maximum absolute atomic E-state index is 6.01. The monoisotopic (exact) mass is 307 g/mol. The molecule has 0 spiro atoms. The number of unbranched alkanes of at least 4 members (excludes halogenated alkanes) is 2. The van der Waals surface area contributed by atoms with Crippen molar-refractivity contribution in [2.45, 2.75) is 65.3 Å². The van der Waals surface area contributed by atoms with Crippen LogP contribution >= 0.6 is 11.6 Å². The Hall–Kier alpha value is -0.530. The fourth-order valence-electron chi connectivity index (χ4n) is 2.98. The molecule has 1 N–H and O–H groups in total. The van der Waals surface area contributed by atoms with Gasteiger partial charge in [0.25, 0.3) is 0 Å². The molecule has 0 radical (unpaired) electrons. The van der Waals surface area contributed by atoms with E-state index in [0.29, 0.717) is 11.5 Å². The molecule has 1 saturated carbocycles. The van der Waals surface area contributed by atoms with Crippen molar-refractivity contribution in [1.82, 2.24) is 5.32 Å². The van der Waals surface area contributed by atoms with E-state index in [1.807, 2.05) is 12.1 Å². The van der Waals surface area contributed by atoms with Gasteiger partial charge in [0.2, 0.25) is 0 Å². The van der Waals surface area contributed by atoms with E-state index in [-0.39, 0.29) is 0 Å². The summed E-state index contributed by atoms with van der Waals surface area (Å²) in [5.74, 6) is 0.817. The summed E-state index contributed by atoms with van der Waals surface area (Å²) in [6, 6.07) is 8.90. The lowest BCUT2D eigenvalue weighted by atomic mass is 9.86. The molecule has 1 nitrogen and oxygen atoms in total. The second kappa shape index (κ2) is 7.65. The third-order valence-corrected chi connectivity index (χ3v) is 4.83. The van der Waals surface area contributed by atoms with Gasteiger partial charge in [-0.2, -0.15) is 0 Å². The second-order valence-corrected chi connectivity index (χ2v) is 7.81. The summed E-state index contributed by atoms with van der Waals surface area (Å²) < 4.78 is 0. The van der Waals surface area contributed by atoms with E-state index in [1.165, 1.54) is 44.1 Å². The molecule has 1 aromatic rings. The fourth-order valence-corrected chi connectivity index (χ4v) is 3.11. The number of nitrogens with one attached hydrogen (secondary N) is 1. The number of hydrogen-bond acceptors (Lipinski definition) is 1. The summed E-state index contributed by atoms with van der Waals surface area (Å²) in [5, 5.41) is 4.67. The number of rotatable bonds is 9. The molecule has 2 rings (SSSR count). The minimum atomic E-state index is 0.384. The number of benzene rings is 1. The van der Waals surface area contributed by atoms with Gasteiger partial charge in [0.05, 0.1) is 0 Å². The van der Waals surface area contributed by atoms with Crippen LogP contribution in [0, 0.1) is 11.3 Å². The van der Waals surface area contributed by atoms with Crippen molar-refractivity contribution < 1.29 is 0 Å². The predicted octanol–water partition coefficient (Wildman–Crippen LogP) is 5.99. The van der Waals surface area contributed by atoms with Gasteiger partial charge >= 0.3 is 0 Å². The van der Waals surface area contributed by atoms with Gasteiger partial charge in [-0.1, -0.05) is 63.8 Å². The normalized spacial score (nSPS) is 17.0. The molecule has 0 amide bonds. The van der Waals surface area contributed by atoms with Gasteiger partial charge in [-0.15, -0.1) is 0 Å². The van der Waals surface area contributed by atoms with Crippen molar-refractivity contribution in [2.75, 3.05) is 6.54 Å². The average molecular weight is 308 g/mol. The molecule has 21 heavy (non-hydrogen) atoms. The van der Waals surface area contributed by atoms with Crippen molar-refractivity contribution in [2.24, 2.45) is 11.3 Å². The van der Waals surface area contributed by atoms with Crippen LogP contribution in [0.4, 0.5) is 0 Å². The van der Waals surface area contributed by atoms with Crippen LogP contribution in [-0.4, -0.2) is 6.54 Å². The van der Waals surface area contributed by atoms with E-state index in [9.17, 15) is 0 Å². The van der Waals surface area contributed by atoms with E-state index in [4.69, 9.17) is 11.6 Å². The van der Waals surface area contributed by atoms with E-state index in [1.54, 1.807) is 0 Å². The molecule has 0 saturated heterocycles. The van der Waals surface area contributed by atoms with E-state index < -0.39 is 0 Å². The molecule has 1 unspecified atom stereocenters. The Labute approximate surface area is 135 Å². The van der Waals surface area contributed by atoms with Gasteiger partial charge in [0.1, 0.15) is 0 Å². The molecule has 1 aromatic carbocycles. The minimum absolute atomic E-state index is 0.384. The Balaban J connectivity index is 1.90. The summed E-state index contributed by atoms with van der Waals surface area (Å²) >= 11 is 6.01. The first-order valence-corrected chi connectivity index (χ1v) is 8.88. The van der Waals surface area contributed by atoms with Gasteiger partial charge in [-0.3, -0.25) is 0 Å². The molecule has 2 heteroatoms. The van der Waals surface area contributed by atoms with Crippen LogP contribution in [0.25, 0.3) is 0 Å². The molecule has 0 heterocycles. The summed E-state index contributed by atoms with van der Waals surface area (Å²) in [4.78, 5) is 0. The standard InChI is InChI=1S/C19H30ClN/c1-4-5-6-13-19(2,3)14-21-18(15-7-8-15)16-9-11-17(20)12-10-16/h9-12,15,18,21H,4-8,13-14H2,1-3H3. The highest BCUT2D eigenvalue weighted by Crippen LogP contribution is 2.41. The van der Waals surface area contributed by atoms with Crippen LogP contribution in [0.1, 0.15) is 70.9 Å². The molecule has 1 fully saturated rings. The van der Waals surface area contributed by atoms with Crippen molar-refractivity contribution in [1.29, 1.82) is 0 Å². The van der Waals surface area contributed by atoms with Crippen molar-refractivity contribution in [3.8, 4) is 0 Å². The van der Waals surface area contributed by atoms with E-state index in [0.717, 1.165) is 17.5 Å². The van der Waals surface area contributed by atoms with Gasteiger partial charge in [-0.25, -0.2) is 0 Å². The Kier molecular flexibility index (Phi) is 6.13. The Morgan fingerprint density at radius 3 is 2.43 bits per heavy atom. The molecule has 1 atom stereocenters.